The van der Waals surface area contributed by atoms with Gasteiger partial charge in [-0.15, -0.1) is 0 Å². The molecule has 0 saturated carbocycles. The van der Waals surface area contributed by atoms with E-state index in [0.29, 0.717) is 5.15 Å². The smallest absolute Gasteiger partial charge is 0.129 e. The molecule has 0 aliphatic carbocycles. The van der Waals surface area contributed by atoms with Crippen molar-refractivity contribution in [1.82, 2.24) is 4.98 Å². The number of hydrogen-bond donors (Lipinski definition) is 0. The van der Waals surface area contributed by atoms with Crippen molar-refractivity contribution in [2.45, 2.75) is 18.7 Å². The molecule has 1 heterocycles. The number of rotatable bonds is 1. The first kappa shape index (κ1) is 13.1. The van der Waals surface area contributed by atoms with E-state index in [0.717, 1.165) is 15.8 Å². The molecule has 2 rings (SSSR count). The molecule has 0 bridgehead atoms. The minimum Gasteiger partial charge on any atom is -0.255 e. The summed E-state index contributed by atoms with van der Waals surface area (Å²) in [5.41, 5.74) is 0.826. The van der Waals surface area contributed by atoms with E-state index >= 15 is 0 Å². The summed E-state index contributed by atoms with van der Waals surface area (Å²) in [6.45, 7) is 4.00. The van der Waals surface area contributed by atoms with Gasteiger partial charge in [0, 0.05) is 27.3 Å². The van der Waals surface area contributed by atoms with Crippen LogP contribution in [0, 0.1) is 0 Å². The summed E-state index contributed by atoms with van der Waals surface area (Å²) in [6.07, 6.45) is 1.66. The van der Waals surface area contributed by atoms with Crippen LogP contribution in [0.5, 0.6) is 0 Å². The maximum Gasteiger partial charge on any atom is 0.129 e. The van der Waals surface area contributed by atoms with Crippen LogP contribution in [0.4, 0.5) is 0 Å². The molecule has 0 amide bonds. The Labute approximate surface area is 103 Å². The van der Waals surface area contributed by atoms with E-state index in [1.165, 1.54) is 0 Å². The molecule has 0 aliphatic heterocycles. The zero-order valence-corrected chi connectivity index (χ0v) is 11.1. The van der Waals surface area contributed by atoms with E-state index in [2.05, 4.69) is 4.98 Å². The summed E-state index contributed by atoms with van der Waals surface area (Å²) in [7, 11) is -0.951. The second-order valence-corrected chi connectivity index (χ2v) is 4.71. The van der Waals surface area contributed by atoms with Gasteiger partial charge in [0.15, 0.2) is 0 Å². The molecule has 0 fully saturated rings. The molecule has 2 nitrogen and oxygen atoms in total. The Hall–Kier alpha value is -0.930. The summed E-state index contributed by atoms with van der Waals surface area (Å²) in [6, 6.07) is 9.11. The zero-order chi connectivity index (χ0) is 12.1. The van der Waals surface area contributed by atoms with E-state index < -0.39 is 10.8 Å². The number of hydrogen-bond acceptors (Lipinski definition) is 2. The fraction of sp³-hybridized carbons (Fsp3) is 0.250. The van der Waals surface area contributed by atoms with Crippen LogP contribution in [0.3, 0.4) is 0 Å². The number of aromatic nitrogens is 1. The second kappa shape index (κ2) is 5.97. The first-order valence-electron chi connectivity index (χ1n) is 5.06. The van der Waals surface area contributed by atoms with Crippen LogP contribution in [0.15, 0.2) is 35.2 Å². The van der Waals surface area contributed by atoms with Crippen LogP contribution in [0.25, 0.3) is 10.9 Å². The Morgan fingerprint density at radius 3 is 2.50 bits per heavy atom. The van der Waals surface area contributed by atoms with Crippen molar-refractivity contribution in [3.8, 4) is 0 Å². The van der Waals surface area contributed by atoms with Crippen LogP contribution in [-0.2, 0) is 10.8 Å². The highest BCUT2D eigenvalue weighted by Crippen LogP contribution is 2.18. The Morgan fingerprint density at radius 1 is 1.19 bits per heavy atom. The highest BCUT2D eigenvalue weighted by molar-refractivity contribution is 7.84. The van der Waals surface area contributed by atoms with Gasteiger partial charge in [0.2, 0.25) is 0 Å². The van der Waals surface area contributed by atoms with Crippen LogP contribution >= 0.6 is 11.6 Å². The topological polar surface area (TPSA) is 30.0 Å². The third kappa shape index (κ3) is 3.03. The number of nitrogens with zero attached hydrogens (tertiary/aromatic N) is 1. The zero-order valence-electron chi connectivity index (χ0n) is 9.53. The molecule has 2 aromatic rings. The van der Waals surface area contributed by atoms with Gasteiger partial charge < -0.3 is 0 Å². The molecule has 1 aromatic carbocycles. The standard InChI is InChI=1S/C10H8ClNOS.C2H6/c1-14(13)8-3-4-9-7(6-8)2-5-10(11)12-9;1-2/h2-6H,1H3;1-2H3. The Balaban J connectivity index is 0.000000606. The van der Waals surface area contributed by atoms with Crippen LogP contribution < -0.4 is 0 Å². The fourth-order valence-corrected chi connectivity index (χ4v) is 1.96. The van der Waals surface area contributed by atoms with Gasteiger partial charge >= 0.3 is 0 Å². The van der Waals surface area contributed by atoms with Gasteiger partial charge in [-0.25, -0.2) is 4.98 Å². The van der Waals surface area contributed by atoms with Crippen molar-refractivity contribution in [3.63, 3.8) is 0 Å². The van der Waals surface area contributed by atoms with Crippen molar-refractivity contribution in [2.24, 2.45) is 0 Å². The summed E-state index contributed by atoms with van der Waals surface area (Å²) in [5.74, 6) is 0. The molecule has 1 unspecified atom stereocenters. The van der Waals surface area contributed by atoms with Gasteiger partial charge in [-0.05, 0) is 30.3 Å². The minimum absolute atomic E-state index is 0.475. The maximum absolute atomic E-state index is 11.2. The largest absolute Gasteiger partial charge is 0.255 e. The maximum atomic E-state index is 11.2. The lowest BCUT2D eigenvalue weighted by Crippen LogP contribution is -1.87. The summed E-state index contributed by atoms with van der Waals surface area (Å²) < 4.78 is 11.2. The average Bonchev–Trinajstić information content (AvgIpc) is 2.30. The molecule has 0 spiro atoms. The number of fused-ring (bicyclic) bond motifs is 1. The van der Waals surface area contributed by atoms with Crippen LogP contribution in [-0.4, -0.2) is 15.4 Å². The fourth-order valence-electron chi connectivity index (χ4n) is 1.26. The monoisotopic (exact) mass is 255 g/mol. The molecule has 0 saturated heterocycles. The summed E-state index contributed by atoms with van der Waals surface area (Å²) in [4.78, 5) is 4.95. The minimum atomic E-state index is -0.951. The van der Waals surface area contributed by atoms with Crippen LogP contribution in [0.1, 0.15) is 13.8 Å². The summed E-state index contributed by atoms with van der Waals surface area (Å²) in [5, 5.41) is 1.44. The van der Waals surface area contributed by atoms with Gasteiger partial charge in [-0.1, -0.05) is 25.4 Å². The van der Waals surface area contributed by atoms with E-state index in [1.54, 1.807) is 12.3 Å². The molecule has 0 N–H and O–H groups in total. The molecule has 1 aromatic heterocycles. The van der Waals surface area contributed by atoms with Gasteiger partial charge in [-0.2, -0.15) is 0 Å². The Morgan fingerprint density at radius 2 is 1.88 bits per heavy atom. The molecule has 86 valence electrons. The number of halogens is 1. The van der Waals surface area contributed by atoms with Crippen molar-refractivity contribution in [2.75, 3.05) is 6.26 Å². The lowest BCUT2D eigenvalue weighted by atomic mass is 10.2. The SMILES string of the molecule is CC.CS(=O)c1ccc2nc(Cl)ccc2c1. The third-order valence-corrected chi connectivity index (χ3v) is 3.09. The first-order chi connectivity index (χ1) is 7.66. The van der Waals surface area contributed by atoms with E-state index in [4.69, 9.17) is 11.6 Å². The van der Waals surface area contributed by atoms with Crippen molar-refractivity contribution in [1.29, 1.82) is 0 Å². The Bertz CT molecular complexity index is 513. The molecular weight excluding hydrogens is 242 g/mol. The third-order valence-electron chi connectivity index (χ3n) is 1.96. The molecule has 1 atom stereocenters. The second-order valence-electron chi connectivity index (χ2n) is 2.94. The van der Waals surface area contributed by atoms with Gasteiger partial charge in [0.25, 0.3) is 0 Å². The molecule has 16 heavy (non-hydrogen) atoms. The van der Waals surface area contributed by atoms with Crippen LogP contribution in [0.2, 0.25) is 5.15 Å². The van der Waals surface area contributed by atoms with E-state index in [-0.39, 0.29) is 0 Å². The lowest BCUT2D eigenvalue weighted by molar-refractivity contribution is 0.687. The van der Waals surface area contributed by atoms with E-state index in [9.17, 15) is 4.21 Å². The normalized spacial score (nSPS) is 11.8. The van der Waals surface area contributed by atoms with Crippen molar-refractivity contribution >= 4 is 33.3 Å². The first-order valence-corrected chi connectivity index (χ1v) is 7.00. The van der Waals surface area contributed by atoms with Crippen molar-refractivity contribution < 1.29 is 4.21 Å². The van der Waals surface area contributed by atoms with Crippen molar-refractivity contribution in [3.05, 3.63) is 35.5 Å². The lowest BCUT2D eigenvalue weighted by Gasteiger charge is -2.00. The number of benzene rings is 1. The highest BCUT2D eigenvalue weighted by Gasteiger charge is 2.00. The van der Waals surface area contributed by atoms with Gasteiger partial charge in [-0.3, -0.25) is 4.21 Å². The van der Waals surface area contributed by atoms with Gasteiger partial charge in [0.05, 0.1) is 5.52 Å². The molecule has 4 heteroatoms. The molecule has 0 radical (unpaired) electrons. The predicted octanol–water partition coefficient (Wildman–Crippen LogP) is 3.65. The predicted molar refractivity (Wildman–Crippen MR) is 70.4 cm³/mol. The highest BCUT2D eigenvalue weighted by atomic mass is 35.5. The molecule has 0 aliphatic rings. The summed E-state index contributed by atoms with van der Waals surface area (Å²) >= 11 is 5.75. The average molecular weight is 256 g/mol. The van der Waals surface area contributed by atoms with Gasteiger partial charge in [0.1, 0.15) is 5.15 Å². The Kier molecular flexibility index (Phi) is 4.90. The molecular formula is C12H14ClNOS. The quantitative estimate of drug-likeness (QED) is 0.728. The number of pyridine rings is 1. The van der Waals surface area contributed by atoms with E-state index in [1.807, 2.05) is 38.1 Å².